The van der Waals surface area contributed by atoms with Crippen LogP contribution in [0.5, 0.6) is 0 Å². The van der Waals surface area contributed by atoms with E-state index in [4.69, 9.17) is 0 Å². The number of hydrogen-bond donors (Lipinski definition) is 0. The van der Waals surface area contributed by atoms with Gasteiger partial charge in [-0.3, -0.25) is 4.79 Å². The van der Waals surface area contributed by atoms with Crippen LogP contribution in [0, 0.1) is 0 Å². The van der Waals surface area contributed by atoms with Crippen LogP contribution in [-0.4, -0.2) is 20.8 Å². The molecule has 13 heavy (non-hydrogen) atoms. The maximum atomic E-state index is 10.7. The van der Waals surface area contributed by atoms with Crippen molar-refractivity contribution in [2.45, 2.75) is 39.7 Å². The minimum absolute atomic E-state index is 0.104. The molecule has 0 saturated carbocycles. The summed E-state index contributed by atoms with van der Waals surface area (Å²) in [6.45, 7) is 4.02. The lowest BCUT2D eigenvalue weighted by molar-refractivity contribution is -0.117. The van der Waals surface area contributed by atoms with Crippen LogP contribution in [0.25, 0.3) is 0 Å². The van der Waals surface area contributed by atoms with Gasteiger partial charge in [0.05, 0.1) is 5.69 Å². The molecule has 0 atom stereocenters. The zero-order chi connectivity index (χ0) is 9.68. The predicted molar refractivity (Wildman–Crippen MR) is 49.3 cm³/mol. The summed E-state index contributed by atoms with van der Waals surface area (Å²) in [6, 6.07) is 0. The summed E-state index contributed by atoms with van der Waals surface area (Å²) in [6.07, 6.45) is 5.07. The van der Waals surface area contributed by atoms with Gasteiger partial charge in [-0.2, -0.15) is 0 Å². The van der Waals surface area contributed by atoms with Gasteiger partial charge in [-0.05, 0) is 19.8 Å². The van der Waals surface area contributed by atoms with E-state index in [2.05, 4.69) is 17.2 Å². The molecule has 0 aliphatic rings. The molecule has 0 fully saturated rings. The zero-order valence-electron chi connectivity index (χ0n) is 8.16. The molecule has 1 aromatic rings. The molecule has 0 aromatic carbocycles. The summed E-state index contributed by atoms with van der Waals surface area (Å²) in [7, 11) is 0. The largest absolute Gasteiger partial charge is 0.298 e. The maximum absolute atomic E-state index is 10.7. The second-order valence-electron chi connectivity index (χ2n) is 3.21. The van der Waals surface area contributed by atoms with Crippen molar-refractivity contribution < 1.29 is 4.79 Å². The molecular formula is C9H15N3O. The molecule has 0 N–H and O–H groups in total. The molecule has 72 valence electrons. The number of nitrogens with zero attached hydrogens (tertiary/aromatic N) is 3. The summed E-state index contributed by atoms with van der Waals surface area (Å²) in [5, 5.41) is 7.82. The van der Waals surface area contributed by atoms with E-state index in [0.29, 0.717) is 6.54 Å². The van der Waals surface area contributed by atoms with Gasteiger partial charge in [-0.15, -0.1) is 5.10 Å². The molecule has 1 aromatic heterocycles. The average molecular weight is 181 g/mol. The molecular weight excluding hydrogens is 166 g/mol. The monoisotopic (exact) mass is 181 g/mol. The fraction of sp³-hybridized carbons (Fsp3) is 0.667. The first-order valence-electron chi connectivity index (χ1n) is 4.61. The van der Waals surface area contributed by atoms with Crippen molar-refractivity contribution >= 4 is 5.78 Å². The van der Waals surface area contributed by atoms with Gasteiger partial charge >= 0.3 is 0 Å². The molecule has 0 aliphatic carbocycles. The van der Waals surface area contributed by atoms with Gasteiger partial charge < -0.3 is 0 Å². The Morgan fingerprint density at radius 2 is 2.38 bits per heavy atom. The third-order valence-corrected chi connectivity index (χ3v) is 1.76. The Kier molecular flexibility index (Phi) is 3.61. The van der Waals surface area contributed by atoms with Crippen molar-refractivity contribution in [3.8, 4) is 0 Å². The number of rotatable bonds is 5. The van der Waals surface area contributed by atoms with Crippen molar-refractivity contribution in [2.24, 2.45) is 0 Å². The third-order valence-electron chi connectivity index (χ3n) is 1.76. The van der Waals surface area contributed by atoms with Crippen LogP contribution in [0.2, 0.25) is 0 Å². The number of Topliss-reactive ketones (excluding diaryl/α,β-unsaturated/α-hetero) is 1. The van der Waals surface area contributed by atoms with E-state index in [1.165, 1.54) is 0 Å². The second kappa shape index (κ2) is 4.74. The van der Waals surface area contributed by atoms with Crippen LogP contribution < -0.4 is 0 Å². The first kappa shape index (κ1) is 9.89. The van der Waals surface area contributed by atoms with Gasteiger partial charge in [0.15, 0.2) is 5.78 Å². The number of carbonyl (C=O) groups excluding carboxylic acids is 1. The van der Waals surface area contributed by atoms with E-state index in [-0.39, 0.29) is 5.78 Å². The first-order chi connectivity index (χ1) is 6.22. The van der Waals surface area contributed by atoms with Crippen LogP contribution in [0.1, 0.15) is 32.4 Å². The van der Waals surface area contributed by atoms with Gasteiger partial charge in [0, 0.05) is 6.20 Å². The van der Waals surface area contributed by atoms with Crippen molar-refractivity contribution in [3.05, 3.63) is 11.9 Å². The number of carbonyl (C=O) groups is 1. The lowest BCUT2D eigenvalue weighted by atomic mass is 10.2. The van der Waals surface area contributed by atoms with Gasteiger partial charge in [-0.25, -0.2) is 4.68 Å². The third kappa shape index (κ3) is 3.36. The molecule has 1 heterocycles. The van der Waals surface area contributed by atoms with Crippen LogP contribution >= 0.6 is 0 Å². The van der Waals surface area contributed by atoms with E-state index in [1.54, 1.807) is 11.6 Å². The number of aryl methyl sites for hydroxylation is 1. The van der Waals surface area contributed by atoms with Crippen molar-refractivity contribution in [1.82, 2.24) is 15.0 Å². The number of unbranched alkanes of at least 4 members (excludes halogenated alkanes) is 1. The van der Waals surface area contributed by atoms with E-state index in [9.17, 15) is 4.79 Å². The summed E-state index contributed by atoms with van der Waals surface area (Å²) in [4.78, 5) is 10.7. The maximum Gasteiger partial charge on any atom is 0.151 e. The topological polar surface area (TPSA) is 47.8 Å². The summed E-state index contributed by atoms with van der Waals surface area (Å²) >= 11 is 0. The Hall–Kier alpha value is -1.19. The molecule has 4 heteroatoms. The summed E-state index contributed by atoms with van der Waals surface area (Å²) in [5.74, 6) is 0.104. The average Bonchev–Trinajstić information content (AvgIpc) is 2.48. The van der Waals surface area contributed by atoms with E-state index < -0.39 is 0 Å². The molecule has 0 radical (unpaired) electrons. The molecule has 0 saturated heterocycles. The van der Waals surface area contributed by atoms with E-state index in [0.717, 1.165) is 25.0 Å². The normalized spacial score (nSPS) is 10.3. The Bertz CT molecular complexity index is 280. The molecule has 0 unspecified atom stereocenters. The molecule has 0 spiro atoms. The quantitative estimate of drug-likeness (QED) is 0.686. The highest BCUT2D eigenvalue weighted by Crippen LogP contribution is 2.00. The second-order valence-corrected chi connectivity index (χ2v) is 3.21. The summed E-state index contributed by atoms with van der Waals surface area (Å²) < 4.78 is 1.59. The number of ketones is 1. The van der Waals surface area contributed by atoms with Gasteiger partial charge in [0.25, 0.3) is 0 Å². The Morgan fingerprint density at radius 1 is 1.62 bits per heavy atom. The number of aromatic nitrogens is 3. The van der Waals surface area contributed by atoms with E-state index >= 15 is 0 Å². The molecule has 1 rings (SSSR count). The highest BCUT2D eigenvalue weighted by Gasteiger charge is 2.01. The van der Waals surface area contributed by atoms with Crippen LogP contribution in [0.4, 0.5) is 0 Å². The van der Waals surface area contributed by atoms with E-state index in [1.807, 2.05) is 6.20 Å². The molecule has 0 bridgehead atoms. The Balaban J connectivity index is 2.48. The lowest BCUT2D eigenvalue weighted by Crippen LogP contribution is -2.06. The zero-order valence-corrected chi connectivity index (χ0v) is 8.16. The minimum Gasteiger partial charge on any atom is -0.298 e. The highest BCUT2D eigenvalue weighted by molar-refractivity contribution is 5.75. The highest BCUT2D eigenvalue weighted by atomic mass is 16.1. The molecule has 0 amide bonds. The first-order valence-corrected chi connectivity index (χ1v) is 4.61. The Labute approximate surface area is 77.9 Å². The summed E-state index contributed by atoms with van der Waals surface area (Å²) in [5.41, 5.74) is 0.975. The van der Waals surface area contributed by atoms with Crippen molar-refractivity contribution in [1.29, 1.82) is 0 Å². The van der Waals surface area contributed by atoms with Crippen LogP contribution in [-0.2, 0) is 17.8 Å². The Morgan fingerprint density at radius 3 is 3.00 bits per heavy atom. The van der Waals surface area contributed by atoms with Crippen LogP contribution in [0.15, 0.2) is 6.20 Å². The van der Waals surface area contributed by atoms with Crippen LogP contribution in [0.3, 0.4) is 0 Å². The smallest absolute Gasteiger partial charge is 0.151 e. The molecule has 0 aliphatic heterocycles. The van der Waals surface area contributed by atoms with Crippen molar-refractivity contribution in [2.75, 3.05) is 0 Å². The standard InChI is InChI=1S/C9H15N3O/c1-3-4-5-9-7-12(11-10-9)6-8(2)13/h7H,3-6H2,1-2H3. The van der Waals surface area contributed by atoms with Gasteiger partial charge in [-0.1, -0.05) is 18.6 Å². The number of hydrogen-bond acceptors (Lipinski definition) is 3. The fourth-order valence-corrected chi connectivity index (χ4v) is 1.12. The SMILES string of the molecule is CCCCc1cn(CC(C)=O)nn1. The van der Waals surface area contributed by atoms with Crippen molar-refractivity contribution in [3.63, 3.8) is 0 Å². The van der Waals surface area contributed by atoms with Gasteiger partial charge in [0.1, 0.15) is 6.54 Å². The lowest BCUT2D eigenvalue weighted by Gasteiger charge is -1.92. The minimum atomic E-state index is 0.104. The molecule has 4 nitrogen and oxygen atoms in total. The fourth-order valence-electron chi connectivity index (χ4n) is 1.12. The predicted octanol–water partition coefficient (Wildman–Crippen LogP) is 1.21. The van der Waals surface area contributed by atoms with Gasteiger partial charge in [0.2, 0.25) is 0 Å².